The maximum atomic E-state index is 12.0. The number of esters is 2. The Kier molecular flexibility index (Phi) is 19.2. The highest BCUT2D eigenvalue weighted by atomic mass is 31.2. The van der Waals surface area contributed by atoms with E-state index >= 15 is 0 Å². The number of allylic oxidation sites excluding steroid dienone is 4. The minimum Gasteiger partial charge on any atom is -0.462 e. The molecule has 9 heteroatoms. The van der Waals surface area contributed by atoms with Crippen LogP contribution < -0.4 is 0 Å². The Morgan fingerprint density at radius 2 is 1.47 bits per heavy atom. The zero-order chi connectivity index (χ0) is 24.1. The number of ether oxygens (including phenoxy) is 2. The van der Waals surface area contributed by atoms with Gasteiger partial charge in [0.1, 0.15) is 6.61 Å². The van der Waals surface area contributed by atoms with Gasteiger partial charge in [-0.3, -0.25) is 14.1 Å². The van der Waals surface area contributed by atoms with Crippen LogP contribution in [0.5, 0.6) is 0 Å². The van der Waals surface area contributed by atoms with E-state index in [9.17, 15) is 14.2 Å². The molecule has 0 aliphatic carbocycles. The van der Waals surface area contributed by atoms with Gasteiger partial charge in [-0.05, 0) is 38.5 Å². The van der Waals surface area contributed by atoms with Crippen LogP contribution in [0.1, 0.15) is 90.9 Å². The van der Waals surface area contributed by atoms with E-state index in [1.165, 1.54) is 6.42 Å². The SMILES string of the molecule is CCC/C=C\C/C=C\CCCCCCCC(=O)OC(COC(=O)CCC)COP(=O)(O)O. The third-order valence-corrected chi connectivity index (χ3v) is 4.91. The van der Waals surface area contributed by atoms with Gasteiger partial charge in [-0.2, -0.15) is 0 Å². The van der Waals surface area contributed by atoms with Crippen molar-refractivity contribution in [2.24, 2.45) is 0 Å². The number of rotatable bonds is 20. The second-order valence-corrected chi connectivity index (χ2v) is 8.84. The molecular weight excluding hydrogens is 435 g/mol. The quantitative estimate of drug-likeness (QED) is 0.104. The van der Waals surface area contributed by atoms with Crippen LogP contribution in [0.2, 0.25) is 0 Å². The van der Waals surface area contributed by atoms with E-state index in [1.807, 2.05) is 6.92 Å². The van der Waals surface area contributed by atoms with Crippen molar-refractivity contribution in [1.82, 2.24) is 0 Å². The van der Waals surface area contributed by atoms with Crippen molar-refractivity contribution in [3.63, 3.8) is 0 Å². The first-order chi connectivity index (χ1) is 15.3. The summed E-state index contributed by atoms with van der Waals surface area (Å²) < 4.78 is 25.4. The molecule has 0 aromatic rings. The Morgan fingerprint density at radius 1 is 0.812 bits per heavy atom. The normalized spacial score (nSPS) is 13.0. The molecule has 1 unspecified atom stereocenters. The fourth-order valence-electron chi connectivity index (χ4n) is 2.74. The highest BCUT2D eigenvalue weighted by Crippen LogP contribution is 2.35. The molecule has 0 rings (SSSR count). The molecule has 0 spiro atoms. The number of hydrogen-bond acceptors (Lipinski definition) is 6. The molecule has 0 saturated heterocycles. The number of carbonyl (C=O) groups is 2. The Bertz CT molecular complexity index is 597. The van der Waals surface area contributed by atoms with Crippen LogP contribution in [-0.2, 0) is 28.2 Å². The second kappa shape index (κ2) is 20.2. The lowest BCUT2D eigenvalue weighted by molar-refractivity contribution is -0.161. The third-order valence-electron chi connectivity index (χ3n) is 4.42. The number of hydrogen-bond donors (Lipinski definition) is 2. The van der Waals surface area contributed by atoms with Gasteiger partial charge in [0, 0.05) is 12.8 Å². The summed E-state index contributed by atoms with van der Waals surface area (Å²) in [5, 5.41) is 0. The molecule has 186 valence electrons. The van der Waals surface area contributed by atoms with Crippen LogP contribution in [0.25, 0.3) is 0 Å². The number of phosphoric acid groups is 1. The first-order valence-corrected chi connectivity index (χ1v) is 13.2. The number of carbonyl (C=O) groups excluding carboxylic acids is 2. The Hall–Kier alpha value is -1.47. The Balaban J connectivity index is 3.99. The molecule has 1 atom stereocenters. The fraction of sp³-hybridized carbons (Fsp3) is 0.739. The first kappa shape index (κ1) is 30.5. The molecular formula is C23H41O8P. The summed E-state index contributed by atoms with van der Waals surface area (Å²) in [6.07, 6.45) is 17.9. The van der Waals surface area contributed by atoms with Crippen LogP contribution in [0.3, 0.4) is 0 Å². The van der Waals surface area contributed by atoms with Gasteiger partial charge in [-0.15, -0.1) is 0 Å². The highest BCUT2D eigenvalue weighted by molar-refractivity contribution is 7.46. The summed E-state index contributed by atoms with van der Waals surface area (Å²) in [4.78, 5) is 41.2. The molecule has 32 heavy (non-hydrogen) atoms. The third kappa shape index (κ3) is 21.8. The van der Waals surface area contributed by atoms with Gasteiger partial charge in [0.05, 0.1) is 6.61 Å². The molecule has 0 aliphatic heterocycles. The van der Waals surface area contributed by atoms with Gasteiger partial charge < -0.3 is 19.3 Å². The van der Waals surface area contributed by atoms with Crippen LogP contribution in [-0.4, -0.2) is 41.0 Å². The van der Waals surface area contributed by atoms with Crippen LogP contribution in [0.15, 0.2) is 24.3 Å². The molecule has 0 radical (unpaired) electrons. The van der Waals surface area contributed by atoms with Crippen molar-refractivity contribution in [3.05, 3.63) is 24.3 Å². The van der Waals surface area contributed by atoms with Gasteiger partial charge >= 0.3 is 19.8 Å². The van der Waals surface area contributed by atoms with Crippen LogP contribution >= 0.6 is 7.82 Å². The largest absolute Gasteiger partial charge is 0.469 e. The van der Waals surface area contributed by atoms with Gasteiger partial charge in [-0.1, -0.05) is 63.8 Å². The minimum atomic E-state index is -4.71. The average Bonchev–Trinajstić information content (AvgIpc) is 2.73. The van der Waals surface area contributed by atoms with Crippen LogP contribution in [0.4, 0.5) is 0 Å². The van der Waals surface area contributed by atoms with E-state index in [0.717, 1.165) is 44.9 Å². The molecule has 0 aromatic carbocycles. The molecule has 0 saturated carbocycles. The molecule has 8 nitrogen and oxygen atoms in total. The molecule has 2 N–H and O–H groups in total. The molecule has 0 aromatic heterocycles. The standard InChI is InChI=1S/C23H41O8P/c1-3-5-6-7-8-9-10-11-12-13-14-15-16-18-23(25)31-21(20-30-32(26,27)28)19-29-22(24)17-4-2/h6-7,9-10,21H,3-5,8,11-20H2,1-2H3,(H2,26,27,28)/b7-6-,10-9-. The Labute approximate surface area is 192 Å². The van der Waals surface area contributed by atoms with Crippen LogP contribution in [0, 0.1) is 0 Å². The molecule has 0 aliphatic rings. The number of phosphoric ester groups is 1. The van der Waals surface area contributed by atoms with E-state index in [1.54, 1.807) is 0 Å². The monoisotopic (exact) mass is 476 g/mol. The summed E-state index contributed by atoms with van der Waals surface area (Å²) >= 11 is 0. The summed E-state index contributed by atoms with van der Waals surface area (Å²) in [7, 11) is -4.71. The molecule has 0 heterocycles. The zero-order valence-corrected chi connectivity index (χ0v) is 20.5. The highest BCUT2D eigenvalue weighted by Gasteiger charge is 2.22. The summed E-state index contributed by atoms with van der Waals surface area (Å²) in [6.45, 7) is 3.14. The molecule has 0 bridgehead atoms. The lowest BCUT2D eigenvalue weighted by Gasteiger charge is -2.18. The topological polar surface area (TPSA) is 119 Å². The predicted octanol–water partition coefficient (Wildman–Crippen LogP) is 5.38. The summed E-state index contributed by atoms with van der Waals surface area (Å²) in [6, 6.07) is 0. The summed E-state index contributed by atoms with van der Waals surface area (Å²) in [5.74, 6) is -0.970. The summed E-state index contributed by atoms with van der Waals surface area (Å²) in [5.41, 5.74) is 0. The van der Waals surface area contributed by atoms with Crippen molar-refractivity contribution in [1.29, 1.82) is 0 Å². The van der Waals surface area contributed by atoms with E-state index in [0.29, 0.717) is 12.8 Å². The van der Waals surface area contributed by atoms with Crippen molar-refractivity contribution in [2.45, 2.75) is 97.0 Å². The average molecular weight is 477 g/mol. The first-order valence-electron chi connectivity index (χ1n) is 11.6. The van der Waals surface area contributed by atoms with E-state index in [-0.39, 0.29) is 19.4 Å². The van der Waals surface area contributed by atoms with Crippen molar-refractivity contribution in [3.8, 4) is 0 Å². The maximum Gasteiger partial charge on any atom is 0.469 e. The Morgan fingerprint density at radius 3 is 2.12 bits per heavy atom. The number of unbranched alkanes of at least 4 members (excludes halogenated alkanes) is 6. The van der Waals surface area contributed by atoms with Gasteiger partial charge in [0.15, 0.2) is 6.10 Å². The zero-order valence-electron chi connectivity index (χ0n) is 19.6. The second-order valence-electron chi connectivity index (χ2n) is 7.60. The predicted molar refractivity (Wildman–Crippen MR) is 124 cm³/mol. The van der Waals surface area contributed by atoms with E-state index in [4.69, 9.17) is 19.3 Å². The van der Waals surface area contributed by atoms with Crippen molar-refractivity contribution >= 4 is 19.8 Å². The van der Waals surface area contributed by atoms with Gasteiger partial charge in [0.25, 0.3) is 0 Å². The van der Waals surface area contributed by atoms with Crippen molar-refractivity contribution < 1.29 is 37.9 Å². The van der Waals surface area contributed by atoms with Gasteiger partial charge in [-0.25, -0.2) is 4.57 Å². The maximum absolute atomic E-state index is 12.0. The minimum absolute atomic E-state index is 0.194. The fourth-order valence-corrected chi connectivity index (χ4v) is 3.10. The lowest BCUT2D eigenvalue weighted by atomic mass is 10.1. The van der Waals surface area contributed by atoms with E-state index < -0.39 is 32.5 Å². The lowest BCUT2D eigenvalue weighted by Crippen LogP contribution is -2.29. The van der Waals surface area contributed by atoms with Gasteiger partial charge in [0.2, 0.25) is 0 Å². The van der Waals surface area contributed by atoms with E-state index in [2.05, 4.69) is 35.8 Å². The van der Waals surface area contributed by atoms with Crippen molar-refractivity contribution in [2.75, 3.05) is 13.2 Å². The molecule has 0 amide bonds. The smallest absolute Gasteiger partial charge is 0.462 e. The molecule has 0 fully saturated rings.